The first-order chi connectivity index (χ1) is 8.06. The number of hydrogen-bond donors (Lipinski definition) is 3. The van der Waals surface area contributed by atoms with Gasteiger partial charge in [0, 0.05) is 13.0 Å². The summed E-state index contributed by atoms with van der Waals surface area (Å²) in [5.41, 5.74) is 5.64. The van der Waals surface area contributed by atoms with E-state index < -0.39 is 12.0 Å². The number of hydrogen-bond acceptors (Lipinski definition) is 5. The highest BCUT2D eigenvalue weighted by atomic mass is 16.5. The summed E-state index contributed by atoms with van der Waals surface area (Å²) in [6.45, 7) is 0.893. The van der Waals surface area contributed by atoms with Crippen molar-refractivity contribution in [3.63, 3.8) is 0 Å². The molecule has 1 heterocycles. The average Bonchev–Trinajstić information content (AvgIpc) is 2.34. The second-order valence-corrected chi connectivity index (χ2v) is 3.98. The van der Waals surface area contributed by atoms with Gasteiger partial charge in [0.2, 0.25) is 5.91 Å². The van der Waals surface area contributed by atoms with Gasteiger partial charge in [-0.25, -0.2) is 0 Å². The summed E-state index contributed by atoms with van der Waals surface area (Å²) >= 11 is 0. The van der Waals surface area contributed by atoms with Crippen LogP contribution in [-0.4, -0.2) is 65.4 Å². The van der Waals surface area contributed by atoms with E-state index in [1.165, 1.54) is 4.90 Å². The quantitative estimate of drug-likeness (QED) is 0.538. The van der Waals surface area contributed by atoms with E-state index >= 15 is 0 Å². The Morgan fingerprint density at radius 1 is 1.53 bits per heavy atom. The van der Waals surface area contributed by atoms with Gasteiger partial charge in [0.1, 0.15) is 0 Å². The standard InChI is InChI=1S/C10H18N2O5/c11-8(1-2-9(14)15)10(16)12-3-4-17-6-7(12)5-13/h7-8,13H,1-6,11H2,(H,14,15). The second kappa shape index (κ2) is 6.53. The molecular weight excluding hydrogens is 228 g/mol. The molecule has 1 aliphatic heterocycles. The number of aliphatic carboxylic acids is 1. The van der Waals surface area contributed by atoms with Crippen molar-refractivity contribution in [1.82, 2.24) is 4.90 Å². The Labute approximate surface area is 99.1 Å². The van der Waals surface area contributed by atoms with Gasteiger partial charge < -0.3 is 25.6 Å². The Bertz CT molecular complexity index is 284. The Morgan fingerprint density at radius 2 is 2.24 bits per heavy atom. The lowest BCUT2D eigenvalue weighted by Gasteiger charge is -2.35. The molecule has 98 valence electrons. The van der Waals surface area contributed by atoms with Gasteiger partial charge in [-0.15, -0.1) is 0 Å². The summed E-state index contributed by atoms with van der Waals surface area (Å²) < 4.78 is 5.14. The molecule has 2 unspecified atom stereocenters. The van der Waals surface area contributed by atoms with Gasteiger partial charge in [0.15, 0.2) is 0 Å². The number of nitrogens with two attached hydrogens (primary N) is 1. The van der Waals surface area contributed by atoms with Crippen LogP contribution in [0.1, 0.15) is 12.8 Å². The van der Waals surface area contributed by atoms with Crippen LogP contribution in [0.25, 0.3) is 0 Å². The van der Waals surface area contributed by atoms with E-state index in [0.29, 0.717) is 13.2 Å². The molecule has 1 amide bonds. The number of carboxylic acids is 1. The molecule has 1 aliphatic rings. The average molecular weight is 246 g/mol. The summed E-state index contributed by atoms with van der Waals surface area (Å²) in [5.74, 6) is -1.30. The van der Waals surface area contributed by atoms with Crippen molar-refractivity contribution in [1.29, 1.82) is 0 Å². The lowest BCUT2D eigenvalue weighted by Crippen LogP contribution is -2.55. The number of carbonyl (C=O) groups excluding carboxylic acids is 1. The fraction of sp³-hybridized carbons (Fsp3) is 0.800. The maximum absolute atomic E-state index is 11.9. The van der Waals surface area contributed by atoms with Crippen LogP contribution in [0.4, 0.5) is 0 Å². The zero-order valence-corrected chi connectivity index (χ0v) is 9.54. The van der Waals surface area contributed by atoms with Crippen LogP contribution in [0.15, 0.2) is 0 Å². The second-order valence-electron chi connectivity index (χ2n) is 3.98. The van der Waals surface area contributed by atoms with E-state index in [-0.39, 0.29) is 38.0 Å². The van der Waals surface area contributed by atoms with Gasteiger partial charge >= 0.3 is 5.97 Å². The number of carbonyl (C=O) groups is 2. The van der Waals surface area contributed by atoms with Crippen LogP contribution in [0.3, 0.4) is 0 Å². The predicted octanol–water partition coefficient (Wildman–Crippen LogP) is -1.60. The summed E-state index contributed by atoms with van der Waals surface area (Å²) in [4.78, 5) is 23.8. The van der Waals surface area contributed by atoms with Crippen molar-refractivity contribution >= 4 is 11.9 Å². The fourth-order valence-electron chi connectivity index (χ4n) is 1.71. The third kappa shape index (κ3) is 3.95. The minimum Gasteiger partial charge on any atom is -0.481 e. The summed E-state index contributed by atoms with van der Waals surface area (Å²) in [7, 11) is 0. The first-order valence-electron chi connectivity index (χ1n) is 5.52. The number of rotatable bonds is 5. The molecule has 1 saturated heterocycles. The number of aliphatic hydroxyl groups is 1. The minimum atomic E-state index is -0.978. The van der Waals surface area contributed by atoms with Gasteiger partial charge in [0.25, 0.3) is 0 Å². The molecule has 1 rings (SSSR count). The molecule has 17 heavy (non-hydrogen) atoms. The number of amides is 1. The molecule has 0 radical (unpaired) electrons. The topological polar surface area (TPSA) is 113 Å². The highest BCUT2D eigenvalue weighted by molar-refractivity contribution is 5.82. The molecule has 0 bridgehead atoms. The molecule has 0 aromatic heterocycles. The van der Waals surface area contributed by atoms with Crippen LogP contribution in [-0.2, 0) is 14.3 Å². The first kappa shape index (κ1) is 13.9. The molecule has 0 spiro atoms. The molecule has 0 aromatic carbocycles. The molecule has 1 fully saturated rings. The predicted molar refractivity (Wildman–Crippen MR) is 58.3 cm³/mol. The van der Waals surface area contributed by atoms with Crippen molar-refractivity contribution in [2.45, 2.75) is 24.9 Å². The summed E-state index contributed by atoms with van der Waals surface area (Å²) in [6, 6.07) is -1.22. The number of nitrogens with zero attached hydrogens (tertiary/aromatic N) is 1. The Balaban J connectivity index is 2.51. The van der Waals surface area contributed by atoms with Gasteiger partial charge in [0.05, 0.1) is 31.9 Å². The van der Waals surface area contributed by atoms with E-state index in [4.69, 9.17) is 20.7 Å². The maximum atomic E-state index is 11.9. The fourth-order valence-corrected chi connectivity index (χ4v) is 1.71. The van der Waals surface area contributed by atoms with Gasteiger partial charge in [-0.2, -0.15) is 0 Å². The van der Waals surface area contributed by atoms with Crippen LogP contribution in [0, 0.1) is 0 Å². The van der Waals surface area contributed by atoms with E-state index in [9.17, 15) is 9.59 Å². The molecule has 4 N–H and O–H groups in total. The minimum absolute atomic E-state index is 0.101. The number of ether oxygens (including phenoxy) is 1. The SMILES string of the molecule is NC(CCC(=O)O)C(=O)N1CCOCC1CO. The van der Waals surface area contributed by atoms with Crippen molar-refractivity contribution in [3.05, 3.63) is 0 Å². The molecule has 7 heteroatoms. The first-order valence-corrected chi connectivity index (χ1v) is 5.52. The maximum Gasteiger partial charge on any atom is 0.303 e. The molecule has 0 aliphatic carbocycles. The van der Waals surface area contributed by atoms with Crippen molar-refractivity contribution in [2.24, 2.45) is 5.73 Å². The van der Waals surface area contributed by atoms with Crippen molar-refractivity contribution < 1.29 is 24.5 Å². The van der Waals surface area contributed by atoms with E-state index in [1.807, 2.05) is 0 Å². The van der Waals surface area contributed by atoms with Crippen LogP contribution < -0.4 is 5.73 Å². The third-order valence-electron chi connectivity index (χ3n) is 2.71. The van der Waals surface area contributed by atoms with E-state index in [0.717, 1.165) is 0 Å². The van der Waals surface area contributed by atoms with Crippen LogP contribution in [0.5, 0.6) is 0 Å². The molecule has 2 atom stereocenters. The number of aliphatic hydroxyl groups excluding tert-OH is 1. The van der Waals surface area contributed by atoms with Crippen molar-refractivity contribution in [3.8, 4) is 0 Å². The molecule has 0 aromatic rings. The number of morpholine rings is 1. The largest absolute Gasteiger partial charge is 0.481 e. The third-order valence-corrected chi connectivity index (χ3v) is 2.71. The van der Waals surface area contributed by atoms with E-state index in [2.05, 4.69) is 0 Å². The van der Waals surface area contributed by atoms with Crippen molar-refractivity contribution in [2.75, 3.05) is 26.4 Å². The summed E-state index contributed by atoms with van der Waals surface area (Å²) in [5, 5.41) is 17.6. The van der Waals surface area contributed by atoms with Gasteiger partial charge in [-0.3, -0.25) is 9.59 Å². The van der Waals surface area contributed by atoms with Gasteiger partial charge in [-0.1, -0.05) is 0 Å². The van der Waals surface area contributed by atoms with E-state index in [1.54, 1.807) is 0 Å². The summed E-state index contributed by atoms with van der Waals surface area (Å²) in [6.07, 6.45) is -0.0370. The lowest BCUT2D eigenvalue weighted by atomic mass is 10.1. The molecule has 0 saturated carbocycles. The highest BCUT2D eigenvalue weighted by Crippen LogP contribution is 2.09. The van der Waals surface area contributed by atoms with Gasteiger partial charge in [-0.05, 0) is 6.42 Å². The Morgan fingerprint density at radius 3 is 2.82 bits per heavy atom. The zero-order chi connectivity index (χ0) is 12.8. The molecular formula is C10H18N2O5. The lowest BCUT2D eigenvalue weighted by molar-refractivity contribution is -0.143. The normalized spacial score (nSPS) is 22.2. The van der Waals surface area contributed by atoms with Crippen LogP contribution in [0.2, 0.25) is 0 Å². The smallest absolute Gasteiger partial charge is 0.303 e. The Hall–Kier alpha value is -1.18. The number of carboxylic acid groups (broad SMARTS) is 1. The zero-order valence-electron chi connectivity index (χ0n) is 9.54. The Kier molecular flexibility index (Phi) is 5.33. The van der Waals surface area contributed by atoms with Crippen LogP contribution >= 0.6 is 0 Å². The molecule has 7 nitrogen and oxygen atoms in total. The highest BCUT2D eigenvalue weighted by Gasteiger charge is 2.30. The monoisotopic (exact) mass is 246 g/mol.